The maximum atomic E-state index is 6.84. The molecule has 10 aromatic rings. The van der Waals surface area contributed by atoms with E-state index in [0.29, 0.717) is 0 Å². The normalized spacial score (nSPS) is 13.6. The Morgan fingerprint density at radius 3 is 2.02 bits per heavy atom. The zero-order chi connectivity index (χ0) is 39.5. The van der Waals surface area contributed by atoms with Gasteiger partial charge in [-0.1, -0.05) is 141 Å². The summed E-state index contributed by atoms with van der Waals surface area (Å²) in [6.45, 7) is 7.99. The van der Waals surface area contributed by atoms with Crippen molar-refractivity contribution in [3.05, 3.63) is 217 Å². The highest BCUT2D eigenvalue weighted by molar-refractivity contribution is 6.06. The van der Waals surface area contributed by atoms with E-state index in [1.54, 1.807) is 0 Å². The molecule has 0 saturated carbocycles. The Morgan fingerprint density at radius 2 is 1.17 bits per heavy atom. The minimum Gasteiger partial charge on any atom is -0.460 e. The molecular weight excluding hydrogens is 719 g/mol. The number of benzene rings is 8. The van der Waals surface area contributed by atoms with E-state index in [9.17, 15) is 0 Å². The monoisotopic (exact) mass is 757 g/mol. The van der Waals surface area contributed by atoms with E-state index in [1.807, 2.05) is 24.3 Å². The van der Waals surface area contributed by atoms with Gasteiger partial charge in [-0.25, -0.2) is 0 Å². The third-order valence-electron chi connectivity index (χ3n) is 12.0. The maximum Gasteiger partial charge on any atom is 0.137 e. The summed E-state index contributed by atoms with van der Waals surface area (Å²) in [4.78, 5) is 2.37. The number of furan rings is 2. The van der Waals surface area contributed by atoms with Crippen LogP contribution < -0.4 is 4.90 Å². The fourth-order valence-corrected chi connectivity index (χ4v) is 9.01. The van der Waals surface area contributed by atoms with Crippen LogP contribution in [-0.2, 0) is 0 Å². The quantitative estimate of drug-likeness (QED) is 0.155. The third kappa shape index (κ3) is 5.90. The molecule has 0 radical (unpaired) electrons. The molecule has 2 aromatic heterocycles. The zero-order valence-corrected chi connectivity index (χ0v) is 32.4. The van der Waals surface area contributed by atoms with Gasteiger partial charge in [0.25, 0.3) is 0 Å². The first kappa shape index (κ1) is 34.6. The minimum absolute atomic E-state index is 0.0170. The third-order valence-corrected chi connectivity index (χ3v) is 12.0. The van der Waals surface area contributed by atoms with E-state index in [1.165, 1.54) is 16.3 Å². The van der Waals surface area contributed by atoms with E-state index in [0.717, 1.165) is 101 Å². The summed E-state index contributed by atoms with van der Waals surface area (Å²) in [6, 6.07) is 60.7. The molecule has 3 heteroatoms. The van der Waals surface area contributed by atoms with E-state index in [2.05, 4.69) is 188 Å². The molecular formula is C56H39NO2. The van der Waals surface area contributed by atoms with E-state index >= 15 is 0 Å². The van der Waals surface area contributed by atoms with Crippen LogP contribution >= 0.6 is 0 Å². The van der Waals surface area contributed by atoms with Crippen molar-refractivity contribution < 1.29 is 8.83 Å². The Hall–Kier alpha value is -7.62. The van der Waals surface area contributed by atoms with E-state index in [-0.39, 0.29) is 5.92 Å². The van der Waals surface area contributed by atoms with Gasteiger partial charge in [0.15, 0.2) is 0 Å². The van der Waals surface area contributed by atoms with Crippen molar-refractivity contribution in [3.63, 3.8) is 0 Å². The van der Waals surface area contributed by atoms with Gasteiger partial charge in [-0.3, -0.25) is 0 Å². The lowest BCUT2D eigenvalue weighted by Crippen LogP contribution is -2.15. The topological polar surface area (TPSA) is 29.5 Å². The Morgan fingerprint density at radius 1 is 0.492 bits per heavy atom. The first-order chi connectivity index (χ1) is 29.1. The SMILES string of the molecule is C=Cc1ccc(-c2cccc(-c3ccc(N(c4ccc5c(c4)oc4ccccc45)c4ccccc4C4CC=Cc5c4oc4cc6ccccc6cc54)cc3)c2)cc1C=C. The van der Waals surface area contributed by atoms with Crippen LogP contribution in [0.2, 0.25) is 0 Å². The molecule has 11 rings (SSSR count). The van der Waals surface area contributed by atoms with Gasteiger partial charge in [0.2, 0.25) is 0 Å². The molecule has 0 bridgehead atoms. The van der Waals surface area contributed by atoms with Gasteiger partial charge in [-0.15, -0.1) is 0 Å². The molecule has 0 N–H and O–H groups in total. The molecule has 280 valence electrons. The lowest BCUT2D eigenvalue weighted by Gasteiger charge is -2.30. The number of hydrogen-bond donors (Lipinski definition) is 0. The van der Waals surface area contributed by atoms with Gasteiger partial charge >= 0.3 is 0 Å². The predicted octanol–water partition coefficient (Wildman–Crippen LogP) is 16.1. The average molecular weight is 758 g/mol. The van der Waals surface area contributed by atoms with Gasteiger partial charge in [-0.2, -0.15) is 0 Å². The van der Waals surface area contributed by atoms with Gasteiger partial charge in [0, 0.05) is 45.1 Å². The Bertz CT molecular complexity index is 3300. The molecule has 0 amide bonds. The van der Waals surface area contributed by atoms with Gasteiger partial charge in [0.1, 0.15) is 22.5 Å². The lowest BCUT2D eigenvalue weighted by atomic mass is 9.85. The second kappa shape index (κ2) is 14.1. The fourth-order valence-electron chi connectivity index (χ4n) is 9.01. The molecule has 59 heavy (non-hydrogen) atoms. The van der Waals surface area contributed by atoms with Crippen LogP contribution in [0.25, 0.3) is 84.2 Å². The highest BCUT2D eigenvalue weighted by Gasteiger charge is 2.29. The van der Waals surface area contributed by atoms with Crippen molar-refractivity contribution in [2.75, 3.05) is 4.90 Å². The number of anilines is 3. The Labute approximate surface area is 343 Å². The number of allylic oxidation sites excluding steroid dienone is 1. The van der Waals surface area contributed by atoms with Crippen LogP contribution in [0.5, 0.6) is 0 Å². The van der Waals surface area contributed by atoms with Gasteiger partial charge < -0.3 is 13.7 Å². The summed E-state index contributed by atoms with van der Waals surface area (Å²) in [6.07, 6.45) is 9.14. The van der Waals surface area contributed by atoms with Gasteiger partial charge in [0.05, 0.1) is 5.69 Å². The van der Waals surface area contributed by atoms with E-state index < -0.39 is 0 Å². The Kier molecular flexibility index (Phi) is 8.27. The minimum atomic E-state index is 0.0170. The highest BCUT2D eigenvalue weighted by atomic mass is 16.3. The summed E-state index contributed by atoms with van der Waals surface area (Å²) in [7, 11) is 0. The van der Waals surface area contributed by atoms with Crippen LogP contribution in [0.4, 0.5) is 17.1 Å². The first-order valence-electron chi connectivity index (χ1n) is 20.2. The molecule has 1 aliphatic carbocycles. The summed E-state index contributed by atoms with van der Waals surface area (Å²) in [5, 5.41) is 5.76. The number of rotatable bonds is 8. The molecule has 3 nitrogen and oxygen atoms in total. The van der Waals surface area contributed by atoms with Crippen LogP contribution in [0, 0.1) is 0 Å². The molecule has 0 saturated heterocycles. The number of nitrogens with zero attached hydrogens (tertiary/aromatic N) is 1. The van der Waals surface area contributed by atoms with Crippen molar-refractivity contribution in [1.82, 2.24) is 0 Å². The molecule has 2 heterocycles. The number of hydrogen-bond acceptors (Lipinski definition) is 3. The summed E-state index contributed by atoms with van der Waals surface area (Å²) < 4.78 is 13.3. The predicted molar refractivity (Wildman–Crippen MR) is 249 cm³/mol. The average Bonchev–Trinajstić information content (AvgIpc) is 3.86. The summed E-state index contributed by atoms with van der Waals surface area (Å²) in [5.74, 6) is 1.02. The van der Waals surface area contributed by atoms with Crippen molar-refractivity contribution >= 4 is 79.0 Å². The molecule has 8 aromatic carbocycles. The first-order valence-corrected chi connectivity index (χ1v) is 20.2. The zero-order valence-electron chi connectivity index (χ0n) is 32.4. The smallest absolute Gasteiger partial charge is 0.137 e. The molecule has 0 aliphatic heterocycles. The second-order valence-electron chi connectivity index (χ2n) is 15.3. The van der Waals surface area contributed by atoms with Gasteiger partial charge in [-0.05, 0) is 117 Å². The fraction of sp³-hybridized carbons (Fsp3) is 0.0357. The largest absolute Gasteiger partial charge is 0.460 e. The standard InChI is InChI=1S/C56H39NO2/c1-3-36-23-24-43(31-37(36)4-2)40-16-11-15-39(32-40)38-25-27-44(28-26-38)57(45-29-30-48-47-18-8-10-22-53(47)58-55(48)35-45)52-21-9-7-17-46(52)49-19-12-20-50-51-33-41-13-5-6-14-42(41)34-54(51)59-56(49)50/h3-18,20-35,49H,1-2,19H2. The van der Waals surface area contributed by atoms with Crippen molar-refractivity contribution in [2.24, 2.45) is 0 Å². The molecule has 1 atom stereocenters. The molecule has 0 spiro atoms. The van der Waals surface area contributed by atoms with E-state index in [4.69, 9.17) is 8.83 Å². The van der Waals surface area contributed by atoms with Crippen LogP contribution in [0.15, 0.2) is 198 Å². The summed E-state index contributed by atoms with van der Waals surface area (Å²) in [5.41, 5.74) is 14.9. The summed E-state index contributed by atoms with van der Waals surface area (Å²) >= 11 is 0. The number of para-hydroxylation sites is 2. The molecule has 0 fully saturated rings. The van der Waals surface area contributed by atoms with Crippen LogP contribution in [0.3, 0.4) is 0 Å². The lowest BCUT2D eigenvalue weighted by molar-refractivity contribution is 0.517. The van der Waals surface area contributed by atoms with Crippen LogP contribution in [0.1, 0.15) is 40.4 Å². The van der Waals surface area contributed by atoms with Crippen molar-refractivity contribution in [1.29, 1.82) is 0 Å². The van der Waals surface area contributed by atoms with Crippen LogP contribution in [-0.4, -0.2) is 0 Å². The maximum absolute atomic E-state index is 6.84. The second-order valence-corrected chi connectivity index (χ2v) is 15.3. The number of fused-ring (bicyclic) bond motifs is 7. The Balaban J connectivity index is 1.03. The van der Waals surface area contributed by atoms with Crippen molar-refractivity contribution in [2.45, 2.75) is 12.3 Å². The highest BCUT2D eigenvalue weighted by Crippen LogP contribution is 2.48. The molecule has 1 aliphatic rings. The van der Waals surface area contributed by atoms with Crippen molar-refractivity contribution in [3.8, 4) is 22.3 Å². The molecule has 1 unspecified atom stereocenters.